The molecule has 0 saturated heterocycles. The lowest BCUT2D eigenvalue weighted by atomic mass is 10.4. The van der Waals surface area contributed by atoms with Gasteiger partial charge in [0.05, 0.1) is 24.1 Å². The van der Waals surface area contributed by atoms with Gasteiger partial charge in [0.25, 0.3) is 0 Å². The normalized spacial score (nSPS) is 10.8. The van der Waals surface area contributed by atoms with E-state index in [1.54, 1.807) is 0 Å². The topological polar surface area (TPSA) is 61.7 Å². The molecule has 2 aromatic heterocycles. The summed E-state index contributed by atoms with van der Waals surface area (Å²) in [6.07, 6.45) is 5.72. The van der Waals surface area contributed by atoms with Gasteiger partial charge in [0.15, 0.2) is 0 Å². The van der Waals surface area contributed by atoms with Crippen LogP contribution in [0.15, 0.2) is 18.6 Å². The zero-order valence-corrected chi connectivity index (χ0v) is 9.01. The Bertz CT molecular complexity index is 435. The molecule has 2 heterocycles. The van der Waals surface area contributed by atoms with Gasteiger partial charge < -0.3 is 5.73 Å². The molecule has 15 heavy (non-hydrogen) atoms. The Morgan fingerprint density at radius 1 is 1.33 bits per heavy atom. The maximum Gasteiger partial charge on any atom is 0.0823 e. The average molecular weight is 205 g/mol. The molecular weight excluding hydrogens is 190 g/mol. The fourth-order valence-corrected chi connectivity index (χ4v) is 1.46. The Labute approximate surface area is 88.5 Å². The summed E-state index contributed by atoms with van der Waals surface area (Å²) in [5, 5.41) is 8.50. The molecule has 0 spiro atoms. The van der Waals surface area contributed by atoms with E-state index < -0.39 is 0 Å². The molecular formula is C10H15N5. The highest BCUT2D eigenvalue weighted by molar-refractivity contribution is 5.39. The molecule has 5 heteroatoms. The second-order valence-electron chi connectivity index (χ2n) is 3.57. The van der Waals surface area contributed by atoms with Gasteiger partial charge in [0, 0.05) is 24.5 Å². The smallest absolute Gasteiger partial charge is 0.0823 e. The van der Waals surface area contributed by atoms with E-state index in [9.17, 15) is 0 Å². The van der Waals surface area contributed by atoms with Crippen molar-refractivity contribution >= 4 is 5.69 Å². The standard InChI is InChI=1S/C10H15N5/c1-3-14-5-9(4-12-14)6-15-7-10(11)8(2)13-15/h4-5,7H,3,6,11H2,1-2H3. The molecule has 2 N–H and O–H groups in total. The minimum Gasteiger partial charge on any atom is -0.396 e. The van der Waals surface area contributed by atoms with Crippen LogP contribution in [0.5, 0.6) is 0 Å². The molecule has 0 amide bonds. The van der Waals surface area contributed by atoms with Crippen LogP contribution in [0.25, 0.3) is 0 Å². The van der Waals surface area contributed by atoms with E-state index in [-0.39, 0.29) is 0 Å². The van der Waals surface area contributed by atoms with Crippen molar-refractivity contribution in [2.75, 3.05) is 5.73 Å². The van der Waals surface area contributed by atoms with Crippen molar-refractivity contribution in [2.24, 2.45) is 0 Å². The predicted molar refractivity (Wildman–Crippen MR) is 58.4 cm³/mol. The van der Waals surface area contributed by atoms with E-state index in [0.29, 0.717) is 0 Å². The minimum absolute atomic E-state index is 0.720. The first-order valence-electron chi connectivity index (χ1n) is 5.00. The second-order valence-corrected chi connectivity index (χ2v) is 3.57. The van der Waals surface area contributed by atoms with E-state index in [1.807, 2.05) is 34.9 Å². The van der Waals surface area contributed by atoms with Crippen LogP contribution in [0, 0.1) is 6.92 Å². The molecule has 0 atom stereocenters. The molecule has 0 saturated carbocycles. The summed E-state index contributed by atoms with van der Waals surface area (Å²) < 4.78 is 3.73. The van der Waals surface area contributed by atoms with Gasteiger partial charge in [-0.25, -0.2) is 0 Å². The van der Waals surface area contributed by atoms with Crippen LogP contribution < -0.4 is 5.73 Å². The van der Waals surface area contributed by atoms with E-state index in [2.05, 4.69) is 17.1 Å². The van der Waals surface area contributed by atoms with E-state index in [1.165, 1.54) is 0 Å². The monoisotopic (exact) mass is 205 g/mol. The number of hydrogen-bond acceptors (Lipinski definition) is 3. The predicted octanol–water partition coefficient (Wildman–Crippen LogP) is 1.04. The fourth-order valence-electron chi connectivity index (χ4n) is 1.46. The number of rotatable bonds is 3. The summed E-state index contributed by atoms with van der Waals surface area (Å²) in [5.74, 6) is 0. The van der Waals surface area contributed by atoms with Crippen LogP contribution in [0.3, 0.4) is 0 Å². The Morgan fingerprint density at radius 2 is 2.13 bits per heavy atom. The zero-order valence-electron chi connectivity index (χ0n) is 9.01. The molecule has 0 unspecified atom stereocenters. The molecule has 80 valence electrons. The summed E-state index contributed by atoms with van der Waals surface area (Å²) >= 11 is 0. The third-order valence-electron chi connectivity index (χ3n) is 2.34. The van der Waals surface area contributed by atoms with Gasteiger partial charge in [0.2, 0.25) is 0 Å². The lowest BCUT2D eigenvalue weighted by Crippen LogP contribution is -1.99. The summed E-state index contributed by atoms with van der Waals surface area (Å²) in [4.78, 5) is 0. The van der Waals surface area contributed by atoms with Crippen LogP contribution in [-0.4, -0.2) is 19.6 Å². The van der Waals surface area contributed by atoms with Gasteiger partial charge in [-0.05, 0) is 13.8 Å². The minimum atomic E-state index is 0.720. The van der Waals surface area contributed by atoms with Crippen molar-refractivity contribution < 1.29 is 0 Å². The maximum atomic E-state index is 5.72. The van der Waals surface area contributed by atoms with Crippen molar-refractivity contribution in [1.29, 1.82) is 0 Å². The largest absolute Gasteiger partial charge is 0.396 e. The van der Waals surface area contributed by atoms with Gasteiger partial charge in [-0.3, -0.25) is 9.36 Å². The first-order chi connectivity index (χ1) is 7.19. The summed E-state index contributed by atoms with van der Waals surface area (Å²) in [6.45, 7) is 5.58. The zero-order chi connectivity index (χ0) is 10.8. The quantitative estimate of drug-likeness (QED) is 0.814. The van der Waals surface area contributed by atoms with Crippen molar-refractivity contribution in [3.05, 3.63) is 29.8 Å². The summed E-state index contributed by atoms with van der Waals surface area (Å²) in [5.41, 5.74) is 8.47. The van der Waals surface area contributed by atoms with E-state index >= 15 is 0 Å². The first-order valence-corrected chi connectivity index (χ1v) is 5.00. The highest BCUT2D eigenvalue weighted by Crippen LogP contribution is 2.08. The SMILES string of the molecule is CCn1cc(Cn2cc(N)c(C)n2)cn1. The highest BCUT2D eigenvalue weighted by Gasteiger charge is 2.03. The molecule has 0 radical (unpaired) electrons. The van der Waals surface area contributed by atoms with Crippen LogP contribution in [0.4, 0.5) is 5.69 Å². The highest BCUT2D eigenvalue weighted by atomic mass is 15.3. The molecule has 0 aromatic carbocycles. The van der Waals surface area contributed by atoms with Crippen molar-refractivity contribution in [2.45, 2.75) is 26.9 Å². The molecule has 0 bridgehead atoms. The molecule has 0 aliphatic rings. The molecule has 0 aliphatic carbocycles. The molecule has 5 nitrogen and oxygen atoms in total. The Balaban J connectivity index is 2.14. The number of nitrogens with two attached hydrogens (primary N) is 1. The fraction of sp³-hybridized carbons (Fsp3) is 0.400. The number of nitrogen functional groups attached to an aromatic ring is 1. The van der Waals surface area contributed by atoms with Crippen LogP contribution >= 0.6 is 0 Å². The molecule has 2 rings (SSSR count). The number of hydrogen-bond donors (Lipinski definition) is 1. The Hall–Kier alpha value is -1.78. The average Bonchev–Trinajstić information content (AvgIpc) is 2.76. The number of aromatic nitrogens is 4. The van der Waals surface area contributed by atoms with E-state index in [0.717, 1.165) is 30.0 Å². The van der Waals surface area contributed by atoms with Gasteiger partial charge in [0.1, 0.15) is 0 Å². The molecule has 0 aliphatic heterocycles. The Kier molecular flexibility index (Phi) is 2.45. The number of nitrogens with zero attached hydrogens (tertiary/aromatic N) is 4. The Morgan fingerprint density at radius 3 is 2.67 bits per heavy atom. The second kappa shape index (κ2) is 3.76. The van der Waals surface area contributed by atoms with Crippen molar-refractivity contribution in [1.82, 2.24) is 19.6 Å². The maximum absolute atomic E-state index is 5.72. The van der Waals surface area contributed by atoms with Gasteiger partial charge in [-0.15, -0.1) is 0 Å². The van der Waals surface area contributed by atoms with Gasteiger partial charge >= 0.3 is 0 Å². The lowest BCUT2D eigenvalue weighted by molar-refractivity contribution is 0.653. The van der Waals surface area contributed by atoms with Crippen molar-refractivity contribution in [3.63, 3.8) is 0 Å². The number of anilines is 1. The summed E-state index contributed by atoms with van der Waals surface area (Å²) in [6, 6.07) is 0. The third-order valence-corrected chi connectivity index (χ3v) is 2.34. The molecule has 2 aromatic rings. The van der Waals surface area contributed by atoms with Crippen LogP contribution in [0.2, 0.25) is 0 Å². The van der Waals surface area contributed by atoms with E-state index in [4.69, 9.17) is 5.73 Å². The van der Waals surface area contributed by atoms with Crippen LogP contribution in [-0.2, 0) is 13.1 Å². The van der Waals surface area contributed by atoms with Crippen LogP contribution in [0.1, 0.15) is 18.2 Å². The van der Waals surface area contributed by atoms with Gasteiger partial charge in [-0.1, -0.05) is 0 Å². The summed E-state index contributed by atoms with van der Waals surface area (Å²) in [7, 11) is 0. The molecule has 0 fully saturated rings. The van der Waals surface area contributed by atoms with Gasteiger partial charge in [-0.2, -0.15) is 10.2 Å². The van der Waals surface area contributed by atoms with Crippen molar-refractivity contribution in [3.8, 4) is 0 Å². The third kappa shape index (κ3) is 2.01. The number of aryl methyl sites for hydroxylation is 2. The first kappa shape index (κ1) is 9.76. The lowest BCUT2D eigenvalue weighted by Gasteiger charge is -1.96.